The molecule has 0 radical (unpaired) electrons. The number of nitrogens with zero attached hydrogens (tertiary/aromatic N) is 1. The van der Waals surface area contributed by atoms with Gasteiger partial charge in [-0.05, 0) is 50.2 Å². The van der Waals surface area contributed by atoms with Gasteiger partial charge in [-0.25, -0.2) is 4.39 Å². The molecular weight excluding hydrogens is 393 g/mol. The molecule has 6 heteroatoms. The predicted octanol–water partition coefficient (Wildman–Crippen LogP) is 3.06. The van der Waals surface area contributed by atoms with E-state index in [4.69, 9.17) is 0 Å². The van der Waals surface area contributed by atoms with Crippen LogP contribution in [-0.4, -0.2) is 50.4 Å². The Balaban J connectivity index is 1.63. The molecule has 0 fully saturated rings. The standard InChI is InChI=1S/C25H30FN3O2/c1-5-25(18-9-7-6-8-10-18)15-21(25)24(31)28-16-19(29(3)4)13-17-11-12-20(22(26)14-17)23(30)27-2/h6-12,14-15,19H,5,13,16H2,1-4H3,(H,27,30)(H,28,31)/t19-,25-/m0/s1. The Morgan fingerprint density at radius 1 is 1.10 bits per heavy atom. The highest BCUT2D eigenvalue weighted by molar-refractivity contribution is 6.02. The van der Waals surface area contributed by atoms with Crippen molar-refractivity contribution >= 4 is 11.8 Å². The first-order valence-electron chi connectivity index (χ1n) is 10.6. The lowest BCUT2D eigenvalue weighted by atomic mass is 9.87. The van der Waals surface area contributed by atoms with Gasteiger partial charge in [0.2, 0.25) is 5.91 Å². The Kier molecular flexibility index (Phi) is 6.91. The zero-order valence-electron chi connectivity index (χ0n) is 18.5. The van der Waals surface area contributed by atoms with Crippen molar-refractivity contribution in [3.05, 3.63) is 82.7 Å². The fraction of sp³-hybridized carbons (Fsp3) is 0.360. The Hall–Kier alpha value is -2.99. The minimum absolute atomic E-state index is 0.0127. The van der Waals surface area contributed by atoms with E-state index in [1.807, 2.05) is 43.3 Å². The van der Waals surface area contributed by atoms with E-state index in [9.17, 15) is 14.0 Å². The molecule has 0 bridgehead atoms. The van der Waals surface area contributed by atoms with Gasteiger partial charge in [0.1, 0.15) is 5.82 Å². The van der Waals surface area contributed by atoms with Gasteiger partial charge in [0, 0.05) is 30.6 Å². The van der Waals surface area contributed by atoms with Gasteiger partial charge in [0.05, 0.1) is 5.56 Å². The molecule has 1 aliphatic rings. The second-order valence-electron chi connectivity index (χ2n) is 8.17. The molecule has 2 atom stereocenters. The van der Waals surface area contributed by atoms with Gasteiger partial charge in [-0.2, -0.15) is 0 Å². The van der Waals surface area contributed by atoms with Crippen LogP contribution in [0, 0.1) is 5.82 Å². The molecule has 0 saturated heterocycles. The molecule has 31 heavy (non-hydrogen) atoms. The number of hydrogen-bond donors (Lipinski definition) is 2. The summed E-state index contributed by atoms with van der Waals surface area (Å²) < 4.78 is 14.3. The average Bonchev–Trinajstić information content (AvgIpc) is 3.52. The third-order valence-corrected chi connectivity index (χ3v) is 6.08. The zero-order valence-corrected chi connectivity index (χ0v) is 18.5. The van der Waals surface area contributed by atoms with Crippen LogP contribution in [0.1, 0.15) is 34.8 Å². The van der Waals surface area contributed by atoms with E-state index in [0.29, 0.717) is 13.0 Å². The molecule has 5 nitrogen and oxygen atoms in total. The van der Waals surface area contributed by atoms with Gasteiger partial charge in [-0.1, -0.05) is 49.4 Å². The molecule has 0 unspecified atom stereocenters. The van der Waals surface area contributed by atoms with Crippen molar-refractivity contribution < 1.29 is 14.0 Å². The molecule has 2 N–H and O–H groups in total. The van der Waals surface area contributed by atoms with E-state index >= 15 is 0 Å². The number of allylic oxidation sites excluding steroid dienone is 1. The predicted molar refractivity (Wildman–Crippen MR) is 120 cm³/mol. The molecule has 1 aliphatic carbocycles. The number of hydrogen-bond acceptors (Lipinski definition) is 3. The Morgan fingerprint density at radius 3 is 2.39 bits per heavy atom. The number of amides is 2. The van der Waals surface area contributed by atoms with E-state index in [-0.39, 0.29) is 22.9 Å². The monoisotopic (exact) mass is 423 g/mol. The van der Waals surface area contributed by atoms with E-state index in [1.54, 1.807) is 6.07 Å². The van der Waals surface area contributed by atoms with Gasteiger partial charge < -0.3 is 15.5 Å². The average molecular weight is 424 g/mol. The topological polar surface area (TPSA) is 61.4 Å². The molecule has 2 aromatic carbocycles. The molecule has 0 saturated carbocycles. The lowest BCUT2D eigenvalue weighted by Crippen LogP contribution is -2.42. The summed E-state index contributed by atoms with van der Waals surface area (Å²) in [6.07, 6.45) is 3.43. The van der Waals surface area contributed by atoms with Gasteiger partial charge >= 0.3 is 0 Å². The smallest absolute Gasteiger partial charge is 0.253 e. The number of carbonyl (C=O) groups excluding carboxylic acids is 2. The fourth-order valence-corrected chi connectivity index (χ4v) is 3.97. The lowest BCUT2D eigenvalue weighted by molar-refractivity contribution is -0.117. The van der Waals surface area contributed by atoms with Crippen molar-refractivity contribution in [3.8, 4) is 0 Å². The van der Waals surface area contributed by atoms with Crippen LogP contribution in [0.4, 0.5) is 4.39 Å². The summed E-state index contributed by atoms with van der Waals surface area (Å²) in [6, 6.07) is 14.7. The van der Waals surface area contributed by atoms with Crippen LogP contribution in [-0.2, 0) is 16.6 Å². The number of rotatable bonds is 9. The van der Waals surface area contributed by atoms with Crippen molar-refractivity contribution in [2.75, 3.05) is 27.7 Å². The molecular formula is C25H30FN3O2. The molecule has 0 aromatic heterocycles. The van der Waals surface area contributed by atoms with Crippen LogP contribution in [0.2, 0.25) is 0 Å². The maximum atomic E-state index is 14.3. The number of benzene rings is 2. The van der Waals surface area contributed by atoms with Gasteiger partial charge in [0.25, 0.3) is 5.91 Å². The minimum Gasteiger partial charge on any atom is -0.355 e. The highest BCUT2D eigenvalue weighted by atomic mass is 19.1. The van der Waals surface area contributed by atoms with Crippen LogP contribution >= 0.6 is 0 Å². The van der Waals surface area contributed by atoms with Gasteiger partial charge in [-0.15, -0.1) is 0 Å². The lowest BCUT2D eigenvalue weighted by Gasteiger charge is -2.25. The first kappa shape index (κ1) is 22.7. The van der Waals surface area contributed by atoms with Crippen LogP contribution in [0.3, 0.4) is 0 Å². The molecule has 164 valence electrons. The van der Waals surface area contributed by atoms with Crippen molar-refractivity contribution in [2.45, 2.75) is 31.2 Å². The third kappa shape index (κ3) is 4.85. The van der Waals surface area contributed by atoms with Crippen molar-refractivity contribution in [1.82, 2.24) is 15.5 Å². The van der Waals surface area contributed by atoms with Crippen molar-refractivity contribution in [1.29, 1.82) is 0 Å². The van der Waals surface area contributed by atoms with E-state index in [2.05, 4.69) is 29.7 Å². The Labute approximate surface area is 183 Å². The Bertz CT molecular complexity index is 988. The SMILES string of the molecule is CC[C@@]1(c2ccccc2)C=C1C(=O)NC[C@H](Cc1ccc(C(=O)NC)c(F)c1)N(C)C. The summed E-state index contributed by atoms with van der Waals surface area (Å²) in [7, 11) is 5.34. The summed E-state index contributed by atoms with van der Waals surface area (Å²) in [6.45, 7) is 2.53. The second-order valence-corrected chi connectivity index (χ2v) is 8.17. The normalized spacial score (nSPS) is 18.3. The summed E-state index contributed by atoms with van der Waals surface area (Å²) >= 11 is 0. The van der Waals surface area contributed by atoms with Crippen LogP contribution in [0.5, 0.6) is 0 Å². The largest absolute Gasteiger partial charge is 0.355 e. The van der Waals surface area contributed by atoms with Crippen molar-refractivity contribution in [3.63, 3.8) is 0 Å². The van der Waals surface area contributed by atoms with Crippen molar-refractivity contribution in [2.24, 2.45) is 0 Å². The molecule has 0 heterocycles. The van der Waals surface area contributed by atoms with Crippen LogP contribution < -0.4 is 10.6 Å². The number of halogens is 1. The summed E-state index contributed by atoms with van der Waals surface area (Å²) in [4.78, 5) is 26.5. The molecule has 2 aromatic rings. The maximum Gasteiger partial charge on any atom is 0.253 e. The first-order chi connectivity index (χ1) is 14.8. The minimum atomic E-state index is -0.544. The number of nitrogens with one attached hydrogen (secondary N) is 2. The molecule has 3 rings (SSSR count). The highest BCUT2D eigenvalue weighted by Gasteiger charge is 2.47. The van der Waals surface area contributed by atoms with E-state index in [0.717, 1.165) is 23.1 Å². The summed E-state index contributed by atoms with van der Waals surface area (Å²) in [5, 5.41) is 5.48. The van der Waals surface area contributed by atoms with Gasteiger partial charge in [-0.3, -0.25) is 9.59 Å². The summed E-state index contributed by atoms with van der Waals surface area (Å²) in [5.74, 6) is -1.05. The Morgan fingerprint density at radius 2 is 1.81 bits per heavy atom. The second kappa shape index (κ2) is 9.43. The molecule has 2 amide bonds. The number of likely N-dealkylation sites (N-methyl/N-ethyl adjacent to an activating group) is 1. The maximum absolute atomic E-state index is 14.3. The van der Waals surface area contributed by atoms with E-state index in [1.165, 1.54) is 19.2 Å². The first-order valence-corrected chi connectivity index (χ1v) is 10.6. The van der Waals surface area contributed by atoms with E-state index < -0.39 is 11.7 Å². The highest BCUT2D eigenvalue weighted by Crippen LogP contribution is 2.49. The zero-order chi connectivity index (χ0) is 22.6. The third-order valence-electron chi connectivity index (χ3n) is 6.08. The van der Waals surface area contributed by atoms with Crippen LogP contribution in [0.15, 0.2) is 60.2 Å². The summed E-state index contributed by atoms with van der Waals surface area (Å²) in [5.41, 5.74) is 2.48. The van der Waals surface area contributed by atoms with Gasteiger partial charge in [0.15, 0.2) is 0 Å². The number of carbonyl (C=O) groups is 2. The molecule has 0 aliphatic heterocycles. The quantitative estimate of drug-likeness (QED) is 0.652. The molecule has 0 spiro atoms. The van der Waals surface area contributed by atoms with Crippen LogP contribution in [0.25, 0.3) is 0 Å². The fourth-order valence-electron chi connectivity index (χ4n) is 3.97.